The molecule has 0 fully saturated rings. The summed E-state index contributed by atoms with van der Waals surface area (Å²) in [6.07, 6.45) is 0.789. The van der Waals surface area contributed by atoms with Crippen LogP contribution < -0.4 is 10.2 Å². The highest BCUT2D eigenvalue weighted by Crippen LogP contribution is 2.14. The molecule has 1 aromatic carbocycles. The lowest BCUT2D eigenvalue weighted by atomic mass is 10.2. The minimum Gasteiger partial charge on any atom is -0.319 e. The molecule has 1 aromatic rings. The van der Waals surface area contributed by atoms with Gasteiger partial charge in [-0.1, -0.05) is 18.2 Å². The average molecular weight is 231 g/mol. The Morgan fingerprint density at radius 2 is 2.12 bits per heavy atom. The van der Waals surface area contributed by atoms with Crippen molar-refractivity contribution in [2.45, 2.75) is 12.8 Å². The molecule has 1 amide bonds. The average Bonchev–Trinajstić information content (AvgIpc) is 2.38. The standard InChI is InChI=1S/C13H17N3O/c1-15-10-8-13(17)16(11-5-9-14)12-6-3-2-4-7-12/h2-4,6-7,15H,5,8,10-11H2,1H3. The summed E-state index contributed by atoms with van der Waals surface area (Å²) in [6, 6.07) is 11.5. The number of benzene rings is 1. The zero-order valence-electron chi connectivity index (χ0n) is 10.0. The van der Waals surface area contributed by atoms with E-state index in [-0.39, 0.29) is 5.91 Å². The van der Waals surface area contributed by atoms with Crippen molar-refractivity contribution < 1.29 is 4.79 Å². The van der Waals surface area contributed by atoms with Gasteiger partial charge in [-0.15, -0.1) is 0 Å². The summed E-state index contributed by atoms with van der Waals surface area (Å²) < 4.78 is 0. The maximum Gasteiger partial charge on any atom is 0.228 e. The van der Waals surface area contributed by atoms with Crippen LogP contribution in [0.5, 0.6) is 0 Å². The molecule has 0 aliphatic carbocycles. The molecule has 17 heavy (non-hydrogen) atoms. The Morgan fingerprint density at radius 1 is 1.41 bits per heavy atom. The van der Waals surface area contributed by atoms with Crippen LogP contribution in [0.1, 0.15) is 12.8 Å². The van der Waals surface area contributed by atoms with E-state index >= 15 is 0 Å². The van der Waals surface area contributed by atoms with Gasteiger partial charge in [0.15, 0.2) is 0 Å². The van der Waals surface area contributed by atoms with Crippen molar-refractivity contribution in [3.8, 4) is 6.07 Å². The fourth-order valence-electron chi connectivity index (χ4n) is 1.53. The summed E-state index contributed by atoms with van der Waals surface area (Å²) >= 11 is 0. The Kier molecular flexibility index (Phi) is 5.76. The predicted octanol–water partition coefficient (Wildman–Crippen LogP) is 1.54. The summed E-state index contributed by atoms with van der Waals surface area (Å²) in [6.45, 7) is 1.10. The molecule has 4 nitrogen and oxygen atoms in total. The van der Waals surface area contributed by atoms with Gasteiger partial charge in [0.2, 0.25) is 5.91 Å². The van der Waals surface area contributed by atoms with E-state index in [1.54, 1.807) is 4.90 Å². The van der Waals surface area contributed by atoms with E-state index in [1.807, 2.05) is 37.4 Å². The van der Waals surface area contributed by atoms with Crippen LogP contribution in [0.4, 0.5) is 5.69 Å². The highest BCUT2D eigenvalue weighted by Gasteiger charge is 2.14. The number of anilines is 1. The molecule has 0 unspecified atom stereocenters. The minimum atomic E-state index is 0.0424. The Bertz CT molecular complexity index is 383. The third-order valence-electron chi connectivity index (χ3n) is 2.40. The Labute approximate surface area is 102 Å². The van der Waals surface area contributed by atoms with Crippen molar-refractivity contribution in [3.05, 3.63) is 30.3 Å². The fraction of sp³-hybridized carbons (Fsp3) is 0.385. The number of nitriles is 1. The molecule has 1 rings (SSSR count). The number of carbonyl (C=O) groups excluding carboxylic acids is 1. The molecule has 0 spiro atoms. The van der Waals surface area contributed by atoms with E-state index in [0.717, 1.165) is 5.69 Å². The highest BCUT2D eigenvalue weighted by atomic mass is 16.2. The predicted molar refractivity (Wildman–Crippen MR) is 67.6 cm³/mol. The molecule has 0 atom stereocenters. The zero-order valence-corrected chi connectivity index (χ0v) is 10.0. The summed E-state index contributed by atoms with van der Waals surface area (Å²) in [5.41, 5.74) is 0.851. The first-order valence-corrected chi connectivity index (χ1v) is 5.66. The van der Waals surface area contributed by atoms with Crippen LogP contribution in [0, 0.1) is 11.3 Å². The van der Waals surface area contributed by atoms with E-state index in [1.165, 1.54) is 0 Å². The molecule has 0 saturated carbocycles. The minimum absolute atomic E-state index is 0.0424. The first-order chi connectivity index (χ1) is 8.29. The zero-order chi connectivity index (χ0) is 12.5. The Morgan fingerprint density at radius 3 is 2.71 bits per heavy atom. The van der Waals surface area contributed by atoms with Crippen LogP contribution in [0.25, 0.3) is 0 Å². The number of carbonyl (C=O) groups is 1. The molecular weight excluding hydrogens is 214 g/mol. The molecule has 1 N–H and O–H groups in total. The van der Waals surface area contributed by atoms with Gasteiger partial charge in [0.05, 0.1) is 12.5 Å². The lowest BCUT2D eigenvalue weighted by Gasteiger charge is -2.21. The SMILES string of the molecule is CNCCC(=O)N(CCC#N)c1ccccc1. The van der Waals surface area contributed by atoms with Crippen molar-refractivity contribution in [1.29, 1.82) is 5.26 Å². The Balaban J connectivity index is 2.74. The maximum atomic E-state index is 12.0. The smallest absolute Gasteiger partial charge is 0.228 e. The first kappa shape index (κ1) is 13.2. The Hall–Kier alpha value is -1.86. The molecular formula is C13H17N3O. The second kappa shape index (κ2) is 7.42. The summed E-state index contributed by atoms with van der Waals surface area (Å²) in [5.74, 6) is 0.0424. The van der Waals surface area contributed by atoms with Gasteiger partial charge in [-0.05, 0) is 19.2 Å². The second-order valence-corrected chi connectivity index (χ2v) is 3.64. The molecule has 90 valence electrons. The van der Waals surface area contributed by atoms with Crippen LogP contribution in [-0.2, 0) is 4.79 Å². The van der Waals surface area contributed by atoms with Crippen LogP contribution in [0.2, 0.25) is 0 Å². The number of amides is 1. The first-order valence-electron chi connectivity index (χ1n) is 5.66. The molecule has 0 aliphatic heterocycles. The number of hydrogen-bond acceptors (Lipinski definition) is 3. The van der Waals surface area contributed by atoms with Gasteiger partial charge in [0.1, 0.15) is 0 Å². The van der Waals surface area contributed by atoms with E-state index in [4.69, 9.17) is 5.26 Å². The summed E-state index contributed by atoms with van der Waals surface area (Å²) in [7, 11) is 1.81. The number of rotatable bonds is 6. The molecule has 0 heterocycles. The van der Waals surface area contributed by atoms with Crippen LogP contribution in [-0.4, -0.2) is 26.0 Å². The van der Waals surface area contributed by atoms with E-state index in [0.29, 0.717) is 25.9 Å². The molecule has 4 heteroatoms. The monoisotopic (exact) mass is 231 g/mol. The van der Waals surface area contributed by atoms with Gasteiger partial charge >= 0.3 is 0 Å². The maximum absolute atomic E-state index is 12.0. The lowest BCUT2D eigenvalue weighted by molar-refractivity contribution is -0.118. The van der Waals surface area contributed by atoms with Gasteiger partial charge in [-0.3, -0.25) is 4.79 Å². The number of hydrogen-bond donors (Lipinski definition) is 1. The van der Waals surface area contributed by atoms with Gasteiger partial charge in [-0.2, -0.15) is 5.26 Å². The molecule has 0 saturated heterocycles. The highest BCUT2D eigenvalue weighted by molar-refractivity contribution is 5.93. The van der Waals surface area contributed by atoms with Crippen molar-refractivity contribution >= 4 is 11.6 Å². The second-order valence-electron chi connectivity index (χ2n) is 3.64. The number of nitrogens with one attached hydrogen (secondary N) is 1. The molecule has 0 aromatic heterocycles. The van der Waals surface area contributed by atoms with Gasteiger partial charge in [0, 0.05) is 25.2 Å². The van der Waals surface area contributed by atoms with Crippen LogP contribution >= 0.6 is 0 Å². The van der Waals surface area contributed by atoms with Crippen molar-refractivity contribution in [2.75, 3.05) is 25.0 Å². The van der Waals surface area contributed by atoms with Crippen LogP contribution in [0.3, 0.4) is 0 Å². The largest absolute Gasteiger partial charge is 0.319 e. The quantitative estimate of drug-likeness (QED) is 0.808. The van der Waals surface area contributed by atoms with Gasteiger partial charge in [-0.25, -0.2) is 0 Å². The fourth-order valence-corrected chi connectivity index (χ4v) is 1.53. The lowest BCUT2D eigenvalue weighted by Crippen LogP contribution is -2.33. The number of para-hydroxylation sites is 1. The van der Waals surface area contributed by atoms with Crippen molar-refractivity contribution in [3.63, 3.8) is 0 Å². The number of nitrogens with zero attached hydrogens (tertiary/aromatic N) is 2. The molecule has 0 aliphatic rings. The van der Waals surface area contributed by atoms with Gasteiger partial charge in [0.25, 0.3) is 0 Å². The van der Waals surface area contributed by atoms with Crippen molar-refractivity contribution in [2.24, 2.45) is 0 Å². The van der Waals surface area contributed by atoms with E-state index < -0.39 is 0 Å². The third-order valence-corrected chi connectivity index (χ3v) is 2.40. The van der Waals surface area contributed by atoms with Crippen LogP contribution in [0.15, 0.2) is 30.3 Å². The van der Waals surface area contributed by atoms with Crippen molar-refractivity contribution in [1.82, 2.24) is 5.32 Å². The van der Waals surface area contributed by atoms with E-state index in [2.05, 4.69) is 11.4 Å². The van der Waals surface area contributed by atoms with Gasteiger partial charge < -0.3 is 10.2 Å². The normalized spacial score (nSPS) is 9.65. The third kappa shape index (κ3) is 4.25. The summed E-state index contributed by atoms with van der Waals surface area (Å²) in [5, 5.41) is 11.6. The van der Waals surface area contributed by atoms with E-state index in [9.17, 15) is 4.79 Å². The molecule has 0 radical (unpaired) electrons. The summed E-state index contributed by atoms with van der Waals surface area (Å²) in [4.78, 5) is 13.7. The molecule has 0 bridgehead atoms. The topological polar surface area (TPSA) is 56.1 Å².